The van der Waals surface area contributed by atoms with Gasteiger partial charge in [0.1, 0.15) is 6.33 Å². The SMILES string of the molecule is Cc1cc(-c2nc(-c3ncn[nH]3)no2)nn1C. The summed E-state index contributed by atoms with van der Waals surface area (Å²) in [5, 5.41) is 14.4. The Hall–Kier alpha value is -2.51. The fourth-order valence-corrected chi connectivity index (χ4v) is 1.40. The van der Waals surface area contributed by atoms with Gasteiger partial charge in [0.25, 0.3) is 5.89 Å². The lowest BCUT2D eigenvalue weighted by Crippen LogP contribution is -1.92. The molecule has 0 aliphatic rings. The summed E-state index contributed by atoms with van der Waals surface area (Å²) >= 11 is 0. The van der Waals surface area contributed by atoms with Gasteiger partial charge in [0.15, 0.2) is 11.5 Å². The molecule has 86 valence electrons. The number of aryl methyl sites for hydroxylation is 2. The molecule has 17 heavy (non-hydrogen) atoms. The Bertz CT molecular complexity index is 617. The van der Waals surface area contributed by atoms with Crippen molar-refractivity contribution < 1.29 is 4.52 Å². The van der Waals surface area contributed by atoms with Crippen molar-refractivity contribution in [3.63, 3.8) is 0 Å². The van der Waals surface area contributed by atoms with Crippen molar-refractivity contribution in [3.05, 3.63) is 18.1 Å². The van der Waals surface area contributed by atoms with Gasteiger partial charge in [-0.2, -0.15) is 15.2 Å². The number of nitrogens with zero attached hydrogens (tertiary/aromatic N) is 6. The number of H-pyrrole nitrogens is 1. The van der Waals surface area contributed by atoms with Crippen LogP contribution in [0.25, 0.3) is 23.2 Å². The van der Waals surface area contributed by atoms with E-state index in [0.29, 0.717) is 23.2 Å². The Labute approximate surface area is 95.7 Å². The number of nitrogens with one attached hydrogen (secondary N) is 1. The summed E-state index contributed by atoms with van der Waals surface area (Å²) in [6.45, 7) is 1.95. The summed E-state index contributed by atoms with van der Waals surface area (Å²) in [5.74, 6) is 1.19. The maximum absolute atomic E-state index is 5.12. The Kier molecular flexibility index (Phi) is 2.00. The summed E-state index contributed by atoms with van der Waals surface area (Å²) in [5.41, 5.74) is 1.66. The number of aromatic nitrogens is 7. The second-order valence-electron chi connectivity index (χ2n) is 3.55. The first-order valence-corrected chi connectivity index (χ1v) is 4.94. The maximum atomic E-state index is 5.12. The Balaban J connectivity index is 2.00. The standard InChI is InChI=1S/C9H9N7O/c1-5-3-6(14-16(5)2)9-12-8(15-17-9)7-10-4-11-13-7/h3-4H,1-2H3,(H,10,11,13). The Morgan fingerprint density at radius 3 is 2.94 bits per heavy atom. The van der Waals surface area contributed by atoms with E-state index >= 15 is 0 Å². The van der Waals surface area contributed by atoms with Gasteiger partial charge in [-0.3, -0.25) is 9.78 Å². The predicted molar refractivity (Wildman–Crippen MR) is 56.6 cm³/mol. The first-order chi connectivity index (χ1) is 8.24. The molecule has 0 spiro atoms. The summed E-state index contributed by atoms with van der Waals surface area (Å²) in [6, 6.07) is 1.87. The van der Waals surface area contributed by atoms with Crippen LogP contribution in [0.2, 0.25) is 0 Å². The fraction of sp³-hybridized carbons (Fsp3) is 0.222. The van der Waals surface area contributed by atoms with Gasteiger partial charge in [-0.25, -0.2) is 4.98 Å². The van der Waals surface area contributed by atoms with Crippen LogP contribution in [-0.4, -0.2) is 35.1 Å². The highest BCUT2D eigenvalue weighted by Crippen LogP contribution is 2.19. The Morgan fingerprint density at radius 1 is 1.41 bits per heavy atom. The molecule has 0 aliphatic heterocycles. The van der Waals surface area contributed by atoms with Gasteiger partial charge < -0.3 is 4.52 Å². The largest absolute Gasteiger partial charge is 0.332 e. The van der Waals surface area contributed by atoms with Crippen LogP contribution in [0, 0.1) is 6.92 Å². The van der Waals surface area contributed by atoms with Crippen molar-refractivity contribution >= 4 is 0 Å². The van der Waals surface area contributed by atoms with Crippen molar-refractivity contribution in [2.75, 3.05) is 0 Å². The third kappa shape index (κ3) is 1.59. The molecule has 0 amide bonds. The van der Waals surface area contributed by atoms with Crippen molar-refractivity contribution in [2.45, 2.75) is 6.92 Å². The van der Waals surface area contributed by atoms with E-state index in [1.54, 1.807) is 4.68 Å². The number of hydrogen-bond donors (Lipinski definition) is 1. The number of rotatable bonds is 2. The van der Waals surface area contributed by atoms with Crippen LogP contribution in [0.15, 0.2) is 16.9 Å². The van der Waals surface area contributed by atoms with Gasteiger partial charge in [0, 0.05) is 12.7 Å². The minimum Gasteiger partial charge on any atom is -0.332 e. The van der Waals surface area contributed by atoms with E-state index < -0.39 is 0 Å². The van der Waals surface area contributed by atoms with Gasteiger partial charge in [0.2, 0.25) is 5.82 Å². The van der Waals surface area contributed by atoms with E-state index in [1.165, 1.54) is 6.33 Å². The first-order valence-electron chi connectivity index (χ1n) is 4.94. The van der Waals surface area contributed by atoms with Crippen LogP contribution in [0.3, 0.4) is 0 Å². The van der Waals surface area contributed by atoms with E-state index in [-0.39, 0.29) is 0 Å². The van der Waals surface area contributed by atoms with Crippen LogP contribution in [0.5, 0.6) is 0 Å². The molecule has 0 aromatic carbocycles. The predicted octanol–water partition coefficient (Wildman–Crippen LogP) is 0.564. The smallest absolute Gasteiger partial charge is 0.278 e. The summed E-state index contributed by atoms with van der Waals surface area (Å²) in [4.78, 5) is 8.13. The zero-order chi connectivity index (χ0) is 11.8. The van der Waals surface area contributed by atoms with E-state index in [9.17, 15) is 0 Å². The van der Waals surface area contributed by atoms with Gasteiger partial charge in [-0.1, -0.05) is 5.16 Å². The molecule has 0 saturated heterocycles. The van der Waals surface area contributed by atoms with E-state index in [0.717, 1.165) is 5.69 Å². The average Bonchev–Trinajstić information content (AvgIpc) is 3.00. The van der Waals surface area contributed by atoms with E-state index in [2.05, 4.69) is 30.4 Å². The van der Waals surface area contributed by atoms with Crippen molar-refractivity contribution in [2.24, 2.45) is 7.05 Å². The summed E-state index contributed by atoms with van der Waals surface area (Å²) < 4.78 is 6.86. The number of hydrogen-bond acceptors (Lipinski definition) is 6. The lowest BCUT2D eigenvalue weighted by Gasteiger charge is -1.88. The molecule has 1 N–H and O–H groups in total. The van der Waals surface area contributed by atoms with Gasteiger partial charge >= 0.3 is 0 Å². The highest BCUT2D eigenvalue weighted by atomic mass is 16.5. The second kappa shape index (κ2) is 3.51. The first kappa shape index (κ1) is 9.70. The van der Waals surface area contributed by atoms with Crippen LogP contribution in [-0.2, 0) is 7.05 Å². The molecule has 0 atom stereocenters. The lowest BCUT2D eigenvalue weighted by atomic mass is 10.4. The highest BCUT2D eigenvalue weighted by Gasteiger charge is 2.15. The maximum Gasteiger partial charge on any atom is 0.278 e. The van der Waals surface area contributed by atoms with Crippen LogP contribution >= 0.6 is 0 Å². The lowest BCUT2D eigenvalue weighted by molar-refractivity contribution is 0.430. The average molecular weight is 231 g/mol. The highest BCUT2D eigenvalue weighted by molar-refractivity contribution is 5.51. The molecule has 0 bridgehead atoms. The quantitative estimate of drug-likeness (QED) is 0.692. The Morgan fingerprint density at radius 2 is 2.29 bits per heavy atom. The molecule has 0 aliphatic carbocycles. The molecular formula is C9H9N7O. The number of aromatic amines is 1. The minimum absolute atomic E-state index is 0.361. The normalized spacial score (nSPS) is 10.9. The van der Waals surface area contributed by atoms with Crippen molar-refractivity contribution in [1.29, 1.82) is 0 Å². The second-order valence-corrected chi connectivity index (χ2v) is 3.55. The van der Waals surface area contributed by atoms with Crippen LogP contribution in [0.1, 0.15) is 5.69 Å². The molecule has 8 heteroatoms. The molecule has 0 radical (unpaired) electrons. The molecule has 3 rings (SSSR count). The third-order valence-electron chi connectivity index (χ3n) is 2.39. The van der Waals surface area contributed by atoms with E-state index in [1.807, 2.05) is 20.0 Å². The molecule has 0 saturated carbocycles. The topological polar surface area (TPSA) is 98.3 Å². The van der Waals surface area contributed by atoms with Crippen molar-refractivity contribution in [1.82, 2.24) is 35.1 Å². The minimum atomic E-state index is 0.361. The zero-order valence-electron chi connectivity index (χ0n) is 9.25. The van der Waals surface area contributed by atoms with Gasteiger partial charge in [0.05, 0.1) is 0 Å². The monoisotopic (exact) mass is 231 g/mol. The summed E-state index contributed by atoms with van der Waals surface area (Å²) in [7, 11) is 1.85. The zero-order valence-corrected chi connectivity index (χ0v) is 9.25. The molecule has 0 unspecified atom stereocenters. The van der Waals surface area contributed by atoms with E-state index in [4.69, 9.17) is 4.52 Å². The van der Waals surface area contributed by atoms with Crippen LogP contribution in [0.4, 0.5) is 0 Å². The van der Waals surface area contributed by atoms with Gasteiger partial charge in [-0.15, -0.1) is 0 Å². The van der Waals surface area contributed by atoms with Crippen LogP contribution < -0.4 is 0 Å². The third-order valence-corrected chi connectivity index (χ3v) is 2.39. The molecular weight excluding hydrogens is 222 g/mol. The van der Waals surface area contributed by atoms with Gasteiger partial charge in [-0.05, 0) is 13.0 Å². The molecule has 3 heterocycles. The fourth-order valence-electron chi connectivity index (χ4n) is 1.40. The van der Waals surface area contributed by atoms with Crippen molar-refractivity contribution in [3.8, 4) is 23.2 Å². The molecule has 3 aromatic rings. The summed E-state index contributed by atoms with van der Waals surface area (Å²) in [6.07, 6.45) is 1.39. The molecule has 8 nitrogen and oxygen atoms in total. The molecule has 0 fully saturated rings. The molecule has 3 aromatic heterocycles.